The second kappa shape index (κ2) is 10.2. The van der Waals surface area contributed by atoms with Crippen LogP contribution in [0.4, 0.5) is 5.13 Å². The van der Waals surface area contributed by atoms with Crippen molar-refractivity contribution in [3.05, 3.63) is 78.6 Å². The molecular formula is C22H21N3O3S. The van der Waals surface area contributed by atoms with Crippen LogP contribution in [-0.2, 0) is 9.59 Å². The SMILES string of the molecule is C=CCN(C(=O)CCNC(=O)/C=C/c1ccco1)c1nc(-c2ccccc2)cs1. The molecule has 0 saturated carbocycles. The van der Waals surface area contributed by atoms with E-state index in [1.54, 1.807) is 29.2 Å². The van der Waals surface area contributed by atoms with Gasteiger partial charge in [0, 0.05) is 36.5 Å². The van der Waals surface area contributed by atoms with Crippen molar-refractivity contribution in [2.24, 2.45) is 0 Å². The number of furan rings is 1. The summed E-state index contributed by atoms with van der Waals surface area (Å²) < 4.78 is 5.13. The van der Waals surface area contributed by atoms with E-state index >= 15 is 0 Å². The number of aromatic nitrogens is 1. The number of carbonyl (C=O) groups is 2. The van der Waals surface area contributed by atoms with Crippen molar-refractivity contribution in [2.45, 2.75) is 6.42 Å². The van der Waals surface area contributed by atoms with E-state index in [9.17, 15) is 9.59 Å². The first-order valence-electron chi connectivity index (χ1n) is 9.09. The molecule has 0 aliphatic carbocycles. The van der Waals surface area contributed by atoms with Crippen LogP contribution in [0, 0.1) is 0 Å². The fourth-order valence-corrected chi connectivity index (χ4v) is 3.44. The van der Waals surface area contributed by atoms with Gasteiger partial charge in [-0.25, -0.2) is 4.98 Å². The smallest absolute Gasteiger partial charge is 0.244 e. The zero-order chi connectivity index (χ0) is 20.5. The summed E-state index contributed by atoms with van der Waals surface area (Å²) >= 11 is 1.40. The van der Waals surface area contributed by atoms with Crippen LogP contribution in [0.2, 0.25) is 0 Å². The Kier molecular flexibility index (Phi) is 7.13. The molecule has 3 aromatic rings. The van der Waals surface area contributed by atoms with Crippen molar-refractivity contribution in [3.8, 4) is 11.3 Å². The maximum atomic E-state index is 12.7. The number of nitrogens with one attached hydrogen (secondary N) is 1. The molecule has 0 atom stereocenters. The number of carbonyl (C=O) groups excluding carboxylic acids is 2. The van der Waals surface area contributed by atoms with Gasteiger partial charge < -0.3 is 9.73 Å². The van der Waals surface area contributed by atoms with Gasteiger partial charge in [0.1, 0.15) is 5.76 Å². The van der Waals surface area contributed by atoms with E-state index in [0.29, 0.717) is 17.4 Å². The van der Waals surface area contributed by atoms with Crippen LogP contribution in [0.15, 0.2) is 77.3 Å². The molecule has 2 aromatic heterocycles. The van der Waals surface area contributed by atoms with Crippen molar-refractivity contribution in [2.75, 3.05) is 18.0 Å². The molecule has 7 heteroatoms. The second-order valence-electron chi connectivity index (χ2n) is 6.06. The standard InChI is InChI=1S/C22H21N3O3S/c1-2-14-25(22-24-19(16-29-22)17-7-4-3-5-8-17)21(27)12-13-23-20(26)11-10-18-9-6-15-28-18/h2-11,15-16H,1,12-14H2,(H,23,26)/b11-10+. The molecule has 2 heterocycles. The number of thiazole rings is 1. The molecule has 0 aliphatic rings. The summed E-state index contributed by atoms with van der Waals surface area (Å²) in [4.78, 5) is 30.7. The molecule has 29 heavy (non-hydrogen) atoms. The number of hydrogen-bond acceptors (Lipinski definition) is 5. The van der Waals surface area contributed by atoms with Gasteiger partial charge in [0.2, 0.25) is 11.8 Å². The Hall–Kier alpha value is -3.45. The maximum absolute atomic E-state index is 12.7. The van der Waals surface area contributed by atoms with E-state index in [2.05, 4.69) is 16.9 Å². The van der Waals surface area contributed by atoms with Crippen LogP contribution in [0.25, 0.3) is 17.3 Å². The molecule has 3 rings (SSSR count). The minimum absolute atomic E-state index is 0.130. The van der Waals surface area contributed by atoms with E-state index in [4.69, 9.17) is 4.42 Å². The average Bonchev–Trinajstić information content (AvgIpc) is 3.43. The van der Waals surface area contributed by atoms with E-state index in [1.807, 2.05) is 35.7 Å². The van der Waals surface area contributed by atoms with Crippen molar-refractivity contribution >= 4 is 34.4 Å². The molecule has 0 bridgehead atoms. The fraction of sp³-hybridized carbons (Fsp3) is 0.136. The highest BCUT2D eigenvalue weighted by Crippen LogP contribution is 2.27. The van der Waals surface area contributed by atoms with E-state index in [-0.39, 0.29) is 24.8 Å². The van der Waals surface area contributed by atoms with Crippen molar-refractivity contribution in [3.63, 3.8) is 0 Å². The lowest BCUT2D eigenvalue weighted by molar-refractivity contribution is -0.119. The second-order valence-corrected chi connectivity index (χ2v) is 6.90. The van der Waals surface area contributed by atoms with Gasteiger partial charge in [0.05, 0.1) is 12.0 Å². The van der Waals surface area contributed by atoms with Crippen molar-refractivity contribution < 1.29 is 14.0 Å². The van der Waals surface area contributed by atoms with Crippen LogP contribution in [0.5, 0.6) is 0 Å². The molecular weight excluding hydrogens is 386 g/mol. The Balaban J connectivity index is 1.56. The Bertz CT molecular complexity index is 978. The molecule has 1 aromatic carbocycles. The van der Waals surface area contributed by atoms with Crippen LogP contribution in [-0.4, -0.2) is 29.9 Å². The quantitative estimate of drug-likeness (QED) is 0.427. The summed E-state index contributed by atoms with van der Waals surface area (Å²) in [5.74, 6) is 0.172. The number of amides is 2. The van der Waals surface area contributed by atoms with Gasteiger partial charge in [-0.2, -0.15) is 0 Å². The molecule has 1 N–H and O–H groups in total. The van der Waals surface area contributed by atoms with Crippen LogP contribution >= 0.6 is 11.3 Å². The van der Waals surface area contributed by atoms with E-state index in [0.717, 1.165) is 11.3 Å². The third-order valence-corrected chi connectivity index (χ3v) is 4.85. The molecule has 2 amide bonds. The van der Waals surface area contributed by atoms with Gasteiger partial charge in [0.15, 0.2) is 5.13 Å². The normalized spacial score (nSPS) is 10.8. The molecule has 0 radical (unpaired) electrons. The topological polar surface area (TPSA) is 75.4 Å². The predicted molar refractivity (Wildman–Crippen MR) is 115 cm³/mol. The van der Waals surface area contributed by atoms with Gasteiger partial charge in [0.25, 0.3) is 0 Å². The predicted octanol–water partition coefficient (Wildman–Crippen LogP) is 4.14. The molecule has 0 unspecified atom stereocenters. The molecule has 0 spiro atoms. The number of rotatable bonds is 9. The lowest BCUT2D eigenvalue weighted by atomic mass is 10.2. The number of anilines is 1. The molecule has 0 fully saturated rings. The number of nitrogens with zero attached hydrogens (tertiary/aromatic N) is 2. The lowest BCUT2D eigenvalue weighted by Crippen LogP contribution is -2.34. The largest absolute Gasteiger partial charge is 0.465 e. The summed E-state index contributed by atoms with van der Waals surface area (Å²) in [7, 11) is 0. The third-order valence-electron chi connectivity index (χ3n) is 3.99. The zero-order valence-electron chi connectivity index (χ0n) is 15.8. The highest BCUT2D eigenvalue weighted by molar-refractivity contribution is 7.14. The minimum Gasteiger partial charge on any atom is -0.465 e. The molecule has 0 aliphatic heterocycles. The summed E-state index contributed by atoms with van der Waals surface area (Å²) in [6, 6.07) is 13.3. The van der Waals surface area contributed by atoms with E-state index < -0.39 is 0 Å². The summed E-state index contributed by atoms with van der Waals surface area (Å²) in [6.45, 7) is 4.31. The fourth-order valence-electron chi connectivity index (χ4n) is 2.58. The van der Waals surface area contributed by atoms with Crippen LogP contribution < -0.4 is 10.2 Å². The number of hydrogen-bond donors (Lipinski definition) is 1. The Morgan fingerprint density at radius 1 is 1.21 bits per heavy atom. The lowest BCUT2D eigenvalue weighted by Gasteiger charge is -2.18. The summed E-state index contributed by atoms with van der Waals surface area (Å²) in [5, 5.41) is 5.23. The van der Waals surface area contributed by atoms with Crippen LogP contribution in [0.3, 0.4) is 0 Å². The first-order valence-corrected chi connectivity index (χ1v) is 9.97. The van der Waals surface area contributed by atoms with Gasteiger partial charge in [-0.15, -0.1) is 17.9 Å². The zero-order valence-corrected chi connectivity index (χ0v) is 16.6. The first-order chi connectivity index (χ1) is 14.2. The van der Waals surface area contributed by atoms with Crippen molar-refractivity contribution in [1.82, 2.24) is 10.3 Å². The Morgan fingerprint density at radius 3 is 2.76 bits per heavy atom. The van der Waals surface area contributed by atoms with Gasteiger partial charge in [-0.1, -0.05) is 36.4 Å². The monoisotopic (exact) mass is 407 g/mol. The molecule has 0 saturated heterocycles. The van der Waals surface area contributed by atoms with Crippen LogP contribution in [0.1, 0.15) is 12.2 Å². The van der Waals surface area contributed by atoms with Gasteiger partial charge in [-0.05, 0) is 18.2 Å². The highest BCUT2D eigenvalue weighted by Gasteiger charge is 2.18. The molecule has 6 nitrogen and oxygen atoms in total. The van der Waals surface area contributed by atoms with Gasteiger partial charge >= 0.3 is 0 Å². The van der Waals surface area contributed by atoms with Gasteiger partial charge in [-0.3, -0.25) is 14.5 Å². The minimum atomic E-state index is -0.287. The maximum Gasteiger partial charge on any atom is 0.244 e. The summed E-state index contributed by atoms with van der Waals surface area (Å²) in [6.07, 6.45) is 6.30. The highest BCUT2D eigenvalue weighted by atomic mass is 32.1. The first kappa shape index (κ1) is 20.3. The van der Waals surface area contributed by atoms with E-state index in [1.165, 1.54) is 23.7 Å². The Morgan fingerprint density at radius 2 is 2.03 bits per heavy atom. The van der Waals surface area contributed by atoms with Crippen molar-refractivity contribution in [1.29, 1.82) is 0 Å². The Labute approximate surface area is 173 Å². The average molecular weight is 407 g/mol. The number of benzene rings is 1. The molecule has 148 valence electrons. The third kappa shape index (κ3) is 5.76. The summed E-state index contributed by atoms with van der Waals surface area (Å²) in [5.41, 5.74) is 1.82.